The van der Waals surface area contributed by atoms with Gasteiger partial charge in [0.15, 0.2) is 0 Å². The van der Waals surface area contributed by atoms with Gasteiger partial charge in [0, 0.05) is 31.4 Å². The number of likely N-dealkylation sites (tertiary alicyclic amines) is 1. The summed E-state index contributed by atoms with van der Waals surface area (Å²) in [6.07, 6.45) is 1.78. The molecule has 112 valence electrons. The molecule has 1 aliphatic heterocycles. The summed E-state index contributed by atoms with van der Waals surface area (Å²) < 4.78 is 0. The second-order valence-electron chi connectivity index (χ2n) is 5.98. The van der Waals surface area contributed by atoms with E-state index in [0.29, 0.717) is 0 Å². The molecule has 0 saturated carbocycles. The Morgan fingerprint density at radius 2 is 2.14 bits per heavy atom. The van der Waals surface area contributed by atoms with Gasteiger partial charge in [-0.05, 0) is 31.4 Å². The fraction of sp³-hybridized carbons (Fsp3) is 0.471. The Balaban J connectivity index is 1.63. The summed E-state index contributed by atoms with van der Waals surface area (Å²) in [5.74, 6) is 0. The number of aryl methyl sites for hydroxylation is 2. The highest BCUT2D eigenvalue weighted by atomic mass is 32.1. The topological polar surface area (TPSA) is 36.4 Å². The molecule has 1 fully saturated rings. The van der Waals surface area contributed by atoms with Crippen molar-refractivity contribution in [3.63, 3.8) is 0 Å². The molecule has 1 aromatic carbocycles. The van der Waals surface area contributed by atoms with Gasteiger partial charge < -0.3 is 5.11 Å². The van der Waals surface area contributed by atoms with Crippen LogP contribution in [0.1, 0.15) is 28.2 Å². The minimum atomic E-state index is -0.691. The average molecular weight is 302 g/mol. The Morgan fingerprint density at radius 3 is 2.86 bits per heavy atom. The second-order valence-corrected chi connectivity index (χ2v) is 7.04. The van der Waals surface area contributed by atoms with Crippen LogP contribution in [0.15, 0.2) is 29.6 Å². The van der Waals surface area contributed by atoms with E-state index >= 15 is 0 Å². The van der Waals surface area contributed by atoms with Gasteiger partial charge in [-0.1, -0.05) is 24.3 Å². The maximum Gasteiger partial charge on any atom is 0.104 e. The van der Waals surface area contributed by atoms with Crippen LogP contribution in [0.4, 0.5) is 0 Å². The van der Waals surface area contributed by atoms with E-state index in [-0.39, 0.29) is 0 Å². The van der Waals surface area contributed by atoms with Gasteiger partial charge in [-0.25, -0.2) is 4.98 Å². The van der Waals surface area contributed by atoms with E-state index in [2.05, 4.69) is 34.3 Å². The number of aromatic nitrogens is 1. The molecule has 1 N–H and O–H groups in total. The number of β-amino-alcohol motifs (C(OH)–C–C–N with tert-alkyl or cyclic N) is 1. The fourth-order valence-corrected chi connectivity index (χ4v) is 3.82. The van der Waals surface area contributed by atoms with Crippen molar-refractivity contribution >= 4 is 11.3 Å². The van der Waals surface area contributed by atoms with Gasteiger partial charge in [0.05, 0.1) is 10.7 Å². The van der Waals surface area contributed by atoms with Crippen molar-refractivity contribution in [1.82, 2.24) is 9.88 Å². The number of hydrogen-bond donors (Lipinski definition) is 1. The van der Waals surface area contributed by atoms with Crippen LogP contribution in [-0.2, 0) is 12.0 Å². The molecule has 0 bridgehead atoms. The molecule has 3 rings (SSSR count). The van der Waals surface area contributed by atoms with Crippen LogP contribution in [-0.4, -0.2) is 34.6 Å². The summed E-state index contributed by atoms with van der Waals surface area (Å²) in [5, 5.41) is 14.2. The third-order valence-corrected chi connectivity index (χ3v) is 5.15. The summed E-state index contributed by atoms with van der Waals surface area (Å²) in [6.45, 7) is 6.77. The van der Waals surface area contributed by atoms with E-state index in [9.17, 15) is 5.11 Å². The zero-order valence-corrected chi connectivity index (χ0v) is 13.5. The molecule has 1 saturated heterocycles. The Morgan fingerprint density at radius 1 is 1.33 bits per heavy atom. The van der Waals surface area contributed by atoms with Crippen molar-refractivity contribution in [3.8, 4) is 0 Å². The quantitative estimate of drug-likeness (QED) is 0.943. The summed E-state index contributed by atoms with van der Waals surface area (Å²) in [5.41, 5.74) is 2.74. The van der Waals surface area contributed by atoms with Crippen molar-refractivity contribution in [1.29, 1.82) is 0 Å². The lowest BCUT2D eigenvalue weighted by atomic mass is 9.89. The highest BCUT2D eigenvalue weighted by molar-refractivity contribution is 7.09. The van der Waals surface area contributed by atoms with Crippen LogP contribution in [0, 0.1) is 13.8 Å². The van der Waals surface area contributed by atoms with E-state index in [1.807, 2.05) is 19.1 Å². The molecule has 0 aliphatic carbocycles. The first kappa shape index (κ1) is 14.7. The minimum absolute atomic E-state index is 0.691. The second kappa shape index (κ2) is 5.87. The van der Waals surface area contributed by atoms with Gasteiger partial charge in [-0.3, -0.25) is 4.90 Å². The van der Waals surface area contributed by atoms with Crippen molar-refractivity contribution in [2.75, 3.05) is 19.6 Å². The Labute approximate surface area is 130 Å². The predicted octanol–water partition coefficient (Wildman–Crippen LogP) is 2.90. The summed E-state index contributed by atoms with van der Waals surface area (Å²) >= 11 is 1.71. The van der Waals surface area contributed by atoms with E-state index < -0.39 is 5.60 Å². The minimum Gasteiger partial charge on any atom is -0.384 e. The summed E-state index contributed by atoms with van der Waals surface area (Å²) in [6, 6.07) is 8.18. The Hall–Kier alpha value is -1.23. The van der Waals surface area contributed by atoms with Gasteiger partial charge >= 0.3 is 0 Å². The third kappa shape index (κ3) is 3.18. The zero-order valence-electron chi connectivity index (χ0n) is 12.7. The smallest absolute Gasteiger partial charge is 0.104 e. The average Bonchev–Trinajstić information content (AvgIpc) is 3.04. The molecular formula is C17H22N2OS. The molecule has 0 radical (unpaired) electrons. The van der Waals surface area contributed by atoms with Crippen LogP contribution in [0.2, 0.25) is 0 Å². The van der Waals surface area contributed by atoms with Crippen molar-refractivity contribution in [2.45, 2.75) is 32.3 Å². The van der Waals surface area contributed by atoms with Crippen LogP contribution in [0.25, 0.3) is 0 Å². The molecule has 1 atom stereocenters. The first-order valence-corrected chi connectivity index (χ1v) is 8.37. The van der Waals surface area contributed by atoms with E-state index in [0.717, 1.165) is 43.0 Å². The highest BCUT2D eigenvalue weighted by Gasteiger charge is 2.38. The van der Waals surface area contributed by atoms with E-state index in [4.69, 9.17) is 0 Å². The molecule has 2 heterocycles. The first-order valence-electron chi connectivity index (χ1n) is 7.49. The van der Waals surface area contributed by atoms with Crippen molar-refractivity contribution < 1.29 is 5.11 Å². The molecule has 3 nitrogen and oxygen atoms in total. The largest absolute Gasteiger partial charge is 0.384 e. The van der Waals surface area contributed by atoms with E-state index in [1.54, 1.807) is 11.3 Å². The molecule has 1 aromatic heterocycles. The number of thiazole rings is 1. The monoisotopic (exact) mass is 302 g/mol. The maximum absolute atomic E-state index is 11.0. The Bertz CT molecular complexity index is 625. The molecule has 0 spiro atoms. The maximum atomic E-state index is 11.0. The lowest BCUT2D eigenvalue weighted by molar-refractivity contribution is 0.0456. The fourth-order valence-electron chi connectivity index (χ4n) is 3.17. The van der Waals surface area contributed by atoms with Gasteiger partial charge in [0.25, 0.3) is 0 Å². The lowest BCUT2D eigenvalue weighted by Crippen LogP contribution is -2.32. The number of hydrogen-bond acceptors (Lipinski definition) is 4. The highest BCUT2D eigenvalue weighted by Crippen LogP contribution is 2.33. The van der Waals surface area contributed by atoms with E-state index in [1.165, 1.54) is 11.3 Å². The molecule has 0 unspecified atom stereocenters. The first-order chi connectivity index (χ1) is 10.1. The molecule has 21 heavy (non-hydrogen) atoms. The zero-order chi connectivity index (χ0) is 14.9. The molecule has 0 amide bonds. The van der Waals surface area contributed by atoms with Gasteiger partial charge in [0.2, 0.25) is 0 Å². The number of nitrogens with zero attached hydrogens (tertiary/aromatic N) is 2. The summed E-state index contributed by atoms with van der Waals surface area (Å²) in [7, 11) is 0. The SMILES string of the molecule is Cc1nc(CCN2CC[C@@](O)(c3ccccc3C)C2)cs1. The van der Waals surface area contributed by atoms with Crippen molar-refractivity contribution in [3.05, 3.63) is 51.5 Å². The predicted molar refractivity (Wildman–Crippen MR) is 86.7 cm³/mol. The normalized spacial score (nSPS) is 22.8. The van der Waals surface area contributed by atoms with Crippen LogP contribution in [0.3, 0.4) is 0 Å². The third-order valence-electron chi connectivity index (χ3n) is 4.32. The standard InChI is InChI=1S/C17H22N2OS/c1-13-5-3-4-6-16(13)17(20)8-10-19(12-17)9-7-15-11-21-14(2)18-15/h3-6,11,20H,7-10,12H2,1-2H3/t17-/m0/s1. The number of aliphatic hydroxyl groups is 1. The molecular weight excluding hydrogens is 280 g/mol. The van der Waals surface area contributed by atoms with Gasteiger partial charge in [-0.15, -0.1) is 11.3 Å². The van der Waals surface area contributed by atoms with Crippen LogP contribution in [0.5, 0.6) is 0 Å². The van der Waals surface area contributed by atoms with Gasteiger partial charge in [-0.2, -0.15) is 0 Å². The lowest BCUT2D eigenvalue weighted by Gasteiger charge is -2.25. The molecule has 1 aliphatic rings. The number of benzene rings is 1. The summed E-state index contributed by atoms with van der Waals surface area (Å²) in [4.78, 5) is 6.86. The van der Waals surface area contributed by atoms with Crippen LogP contribution < -0.4 is 0 Å². The van der Waals surface area contributed by atoms with Crippen LogP contribution >= 0.6 is 11.3 Å². The Kier molecular flexibility index (Phi) is 4.11. The number of rotatable bonds is 4. The van der Waals surface area contributed by atoms with Crippen molar-refractivity contribution in [2.24, 2.45) is 0 Å². The molecule has 2 aromatic rings. The molecule has 4 heteroatoms. The van der Waals surface area contributed by atoms with Gasteiger partial charge in [0.1, 0.15) is 5.60 Å².